The summed E-state index contributed by atoms with van der Waals surface area (Å²) in [6.07, 6.45) is 0. The molecule has 0 aromatic heterocycles. The molecule has 3 aromatic rings. The summed E-state index contributed by atoms with van der Waals surface area (Å²) in [6, 6.07) is 15.8. The molecule has 1 saturated heterocycles. The van der Waals surface area contributed by atoms with Crippen LogP contribution < -0.4 is 4.90 Å². The molecule has 7 rings (SSSR count). The van der Waals surface area contributed by atoms with Crippen molar-refractivity contribution in [1.29, 1.82) is 0 Å². The van der Waals surface area contributed by atoms with Gasteiger partial charge in [0.05, 0.1) is 17.5 Å². The van der Waals surface area contributed by atoms with E-state index in [0.29, 0.717) is 32.3 Å². The molecule has 1 heterocycles. The van der Waals surface area contributed by atoms with E-state index in [4.69, 9.17) is 23.2 Å². The minimum Gasteiger partial charge on any atom is -0.379 e. The number of carbonyl (C=O) groups is 2. The lowest BCUT2D eigenvalue weighted by Gasteiger charge is -2.51. The Morgan fingerprint density at radius 1 is 0.871 bits per heavy atom. The van der Waals surface area contributed by atoms with Crippen molar-refractivity contribution in [1.82, 2.24) is 0 Å². The first-order chi connectivity index (χ1) is 14.9. The van der Waals surface area contributed by atoms with Gasteiger partial charge < -0.3 is 5.11 Å². The van der Waals surface area contributed by atoms with Crippen molar-refractivity contribution in [2.24, 2.45) is 11.8 Å². The van der Waals surface area contributed by atoms with E-state index in [1.54, 1.807) is 24.3 Å². The molecule has 1 aliphatic heterocycles. The molecule has 0 radical (unpaired) electrons. The van der Waals surface area contributed by atoms with Crippen molar-refractivity contribution in [3.8, 4) is 0 Å². The lowest BCUT2D eigenvalue weighted by atomic mass is 9.52. The summed E-state index contributed by atoms with van der Waals surface area (Å²) in [5, 5.41) is 12.8. The molecule has 0 saturated carbocycles. The summed E-state index contributed by atoms with van der Waals surface area (Å²) in [4.78, 5) is 28.2. The number of benzene rings is 3. The molecule has 4 nitrogen and oxygen atoms in total. The Labute approximate surface area is 186 Å². The van der Waals surface area contributed by atoms with Gasteiger partial charge in [0.2, 0.25) is 11.8 Å². The van der Waals surface area contributed by atoms with Crippen LogP contribution in [0.2, 0.25) is 10.0 Å². The Hall–Kier alpha value is -2.73. The highest BCUT2D eigenvalue weighted by Crippen LogP contribution is 2.65. The number of hydrogen-bond donors (Lipinski definition) is 1. The first-order valence-corrected chi connectivity index (χ1v) is 10.5. The first kappa shape index (κ1) is 19.0. The summed E-state index contributed by atoms with van der Waals surface area (Å²) in [6.45, 7) is 0. The molecular formula is C24H14Cl2FNO3. The molecule has 3 aliphatic carbocycles. The van der Waals surface area contributed by atoms with Gasteiger partial charge in [-0.1, -0.05) is 53.5 Å². The summed E-state index contributed by atoms with van der Waals surface area (Å²) in [5.41, 5.74) is 0.478. The van der Waals surface area contributed by atoms with Crippen molar-refractivity contribution in [3.05, 3.63) is 98.8 Å². The van der Waals surface area contributed by atoms with Crippen LogP contribution in [0.1, 0.15) is 28.2 Å². The zero-order valence-corrected chi connectivity index (χ0v) is 17.4. The molecule has 154 valence electrons. The molecule has 3 aromatic carbocycles. The van der Waals surface area contributed by atoms with Crippen LogP contribution in [0.25, 0.3) is 0 Å². The first-order valence-electron chi connectivity index (χ1n) is 9.79. The second-order valence-corrected chi connectivity index (χ2v) is 8.96. The maximum Gasteiger partial charge on any atom is 0.241 e. The van der Waals surface area contributed by atoms with Crippen LogP contribution in [-0.2, 0) is 15.2 Å². The maximum absolute atomic E-state index is 13.9. The van der Waals surface area contributed by atoms with Crippen LogP contribution in [0.3, 0.4) is 0 Å². The number of anilines is 1. The number of carbonyl (C=O) groups excluding carboxylic acids is 2. The van der Waals surface area contributed by atoms with E-state index < -0.39 is 41.0 Å². The number of aliphatic hydroxyl groups is 1. The standard InChI is InChI=1S/C24H14Cl2FNO3/c25-15-8-2-6-13-17-14-7-3-9-16(26)20(14)24(31,19(13)15)21-18(17)22(29)28(23(21)30)12-5-1-4-11(27)10-12/h1-10,17-18,21,31H. The van der Waals surface area contributed by atoms with E-state index in [2.05, 4.69) is 0 Å². The highest BCUT2D eigenvalue weighted by Gasteiger charge is 2.69. The second-order valence-electron chi connectivity index (χ2n) is 8.15. The zero-order valence-electron chi connectivity index (χ0n) is 15.9. The number of imide groups is 1. The van der Waals surface area contributed by atoms with Crippen LogP contribution in [-0.4, -0.2) is 16.9 Å². The smallest absolute Gasteiger partial charge is 0.241 e. The Kier molecular flexibility index (Phi) is 3.77. The summed E-state index contributed by atoms with van der Waals surface area (Å²) in [7, 11) is 0. The van der Waals surface area contributed by atoms with Crippen LogP contribution in [0.15, 0.2) is 60.7 Å². The maximum atomic E-state index is 13.9. The third kappa shape index (κ3) is 2.19. The highest BCUT2D eigenvalue weighted by atomic mass is 35.5. The van der Waals surface area contributed by atoms with Gasteiger partial charge in [0.25, 0.3) is 0 Å². The molecule has 0 spiro atoms. The van der Waals surface area contributed by atoms with E-state index in [1.165, 1.54) is 18.2 Å². The summed E-state index contributed by atoms with van der Waals surface area (Å²) < 4.78 is 13.9. The number of amides is 2. The quantitative estimate of drug-likeness (QED) is 0.546. The molecule has 1 N–H and O–H groups in total. The number of halogens is 3. The van der Waals surface area contributed by atoms with E-state index in [0.717, 1.165) is 11.0 Å². The molecule has 31 heavy (non-hydrogen) atoms. The predicted octanol–water partition coefficient (Wildman–Crippen LogP) is 4.63. The largest absolute Gasteiger partial charge is 0.379 e. The number of rotatable bonds is 1. The van der Waals surface area contributed by atoms with Crippen molar-refractivity contribution in [2.45, 2.75) is 11.5 Å². The fourth-order valence-corrected chi connectivity index (χ4v) is 6.38. The minimum absolute atomic E-state index is 0.137. The number of nitrogens with zero attached hydrogens (tertiary/aromatic N) is 1. The van der Waals surface area contributed by atoms with E-state index >= 15 is 0 Å². The van der Waals surface area contributed by atoms with E-state index in [9.17, 15) is 19.1 Å². The topological polar surface area (TPSA) is 57.6 Å². The van der Waals surface area contributed by atoms with Gasteiger partial charge in [-0.2, -0.15) is 0 Å². The van der Waals surface area contributed by atoms with E-state index in [-0.39, 0.29) is 5.69 Å². The Balaban J connectivity index is 1.66. The van der Waals surface area contributed by atoms with Crippen LogP contribution >= 0.6 is 23.2 Å². The Morgan fingerprint density at radius 2 is 1.45 bits per heavy atom. The van der Waals surface area contributed by atoms with Crippen molar-refractivity contribution in [3.63, 3.8) is 0 Å². The van der Waals surface area contributed by atoms with Gasteiger partial charge >= 0.3 is 0 Å². The third-order valence-electron chi connectivity index (χ3n) is 6.75. The lowest BCUT2D eigenvalue weighted by molar-refractivity contribution is -0.133. The molecule has 2 atom stereocenters. The fourth-order valence-electron chi connectivity index (χ4n) is 5.73. The van der Waals surface area contributed by atoms with Gasteiger partial charge in [-0.25, -0.2) is 9.29 Å². The van der Waals surface area contributed by atoms with Crippen molar-refractivity contribution >= 4 is 40.7 Å². The molecule has 2 bridgehead atoms. The Bertz CT molecular complexity index is 1270. The van der Waals surface area contributed by atoms with Gasteiger partial charge in [0.1, 0.15) is 11.4 Å². The highest BCUT2D eigenvalue weighted by molar-refractivity contribution is 6.33. The number of hydrogen-bond acceptors (Lipinski definition) is 3. The SMILES string of the molecule is O=C1C2C3c4cccc(Cl)c4C(O)(c4c(Cl)cccc43)C2C(=O)N1c1cccc(F)c1. The van der Waals surface area contributed by atoms with Gasteiger partial charge in [0, 0.05) is 27.1 Å². The second kappa shape index (κ2) is 6.16. The molecular weight excluding hydrogens is 440 g/mol. The summed E-state index contributed by atoms with van der Waals surface area (Å²) >= 11 is 13.1. The molecule has 2 unspecified atom stereocenters. The fraction of sp³-hybridized carbons (Fsp3) is 0.167. The van der Waals surface area contributed by atoms with E-state index in [1.807, 2.05) is 12.1 Å². The molecule has 2 amide bonds. The van der Waals surface area contributed by atoms with Gasteiger partial charge in [0.15, 0.2) is 0 Å². The predicted molar refractivity (Wildman–Crippen MR) is 114 cm³/mol. The van der Waals surface area contributed by atoms with Gasteiger partial charge in [-0.15, -0.1) is 0 Å². The van der Waals surface area contributed by atoms with Crippen LogP contribution in [0.5, 0.6) is 0 Å². The zero-order chi connectivity index (χ0) is 21.7. The third-order valence-corrected chi connectivity index (χ3v) is 7.38. The molecule has 7 heteroatoms. The average molecular weight is 454 g/mol. The van der Waals surface area contributed by atoms with Crippen LogP contribution in [0, 0.1) is 17.7 Å². The normalized spacial score (nSPS) is 27.9. The average Bonchev–Trinajstić information content (AvgIpc) is 3.00. The van der Waals surface area contributed by atoms with Crippen molar-refractivity contribution < 1.29 is 19.1 Å². The van der Waals surface area contributed by atoms with Gasteiger partial charge in [-0.3, -0.25) is 9.59 Å². The minimum atomic E-state index is -1.88. The van der Waals surface area contributed by atoms with Gasteiger partial charge in [-0.05, 0) is 41.5 Å². The molecule has 1 fully saturated rings. The molecule has 4 aliphatic rings. The Morgan fingerprint density at radius 3 is 2.03 bits per heavy atom. The lowest BCUT2D eigenvalue weighted by Crippen LogP contribution is -2.54. The van der Waals surface area contributed by atoms with Crippen LogP contribution in [0.4, 0.5) is 10.1 Å². The summed E-state index contributed by atoms with van der Waals surface area (Å²) in [5.74, 6) is -4.10. The van der Waals surface area contributed by atoms with Crippen molar-refractivity contribution in [2.75, 3.05) is 4.90 Å². The monoisotopic (exact) mass is 453 g/mol.